The van der Waals surface area contributed by atoms with Gasteiger partial charge in [-0.3, -0.25) is 5.10 Å². The molecule has 116 valence electrons. The van der Waals surface area contributed by atoms with Crippen LogP contribution in [0.4, 0.5) is 11.6 Å². The summed E-state index contributed by atoms with van der Waals surface area (Å²) in [7, 11) is 2.07. The zero-order chi connectivity index (χ0) is 16.5. The van der Waals surface area contributed by atoms with Gasteiger partial charge in [0.15, 0.2) is 5.82 Å². The highest BCUT2D eigenvalue weighted by molar-refractivity contribution is 6.32. The molecule has 0 fully saturated rings. The van der Waals surface area contributed by atoms with Crippen molar-refractivity contribution in [2.75, 3.05) is 5.32 Å². The zero-order valence-corrected chi connectivity index (χ0v) is 13.5. The minimum Gasteiger partial charge on any atom is -0.325 e. The van der Waals surface area contributed by atoms with Crippen LogP contribution < -0.4 is 10.8 Å². The average Bonchev–Trinajstić information content (AvgIpc) is 3.00. The summed E-state index contributed by atoms with van der Waals surface area (Å²) in [4.78, 5) is 9.44. The number of aromatic amines is 1. The normalized spacial score (nSPS) is 10.9. The first-order valence-corrected chi connectivity index (χ1v) is 7.82. The lowest BCUT2D eigenvalue weighted by atomic mass is 9.95. The van der Waals surface area contributed by atoms with E-state index in [0.29, 0.717) is 5.82 Å². The molecule has 0 saturated heterocycles. The number of aromatic nitrogens is 4. The Labute approximate surface area is 140 Å². The van der Waals surface area contributed by atoms with Gasteiger partial charge in [-0.25, -0.2) is 9.97 Å². The Kier molecular flexibility index (Phi) is 3.50. The van der Waals surface area contributed by atoms with E-state index in [0.717, 1.165) is 33.8 Å². The molecule has 0 radical (unpaired) electrons. The fraction of sp³-hybridized carbons (Fsp3) is 0.0556. The standard InChI is InChI=1S/C18H16BN5/c1-11-10-16(24-23-11)21-18-14-4-2-3-5-15(14)20-17(22-18)12-6-8-13(19)9-7-12/h2-10H,19H2,1H3,(H2,20,21,22,23,24). The monoisotopic (exact) mass is 313 g/mol. The molecule has 0 aliphatic rings. The lowest BCUT2D eigenvalue weighted by Crippen LogP contribution is -2.02. The summed E-state index contributed by atoms with van der Waals surface area (Å²) in [6.45, 7) is 1.94. The number of nitrogens with one attached hydrogen (secondary N) is 2. The molecule has 2 heterocycles. The van der Waals surface area contributed by atoms with Crippen molar-refractivity contribution >= 4 is 35.8 Å². The predicted octanol–water partition coefficient (Wildman–Crippen LogP) is 2.33. The first-order valence-electron chi connectivity index (χ1n) is 7.82. The number of H-pyrrole nitrogens is 1. The van der Waals surface area contributed by atoms with E-state index < -0.39 is 0 Å². The maximum absolute atomic E-state index is 4.74. The van der Waals surface area contributed by atoms with Gasteiger partial charge >= 0.3 is 0 Å². The van der Waals surface area contributed by atoms with Crippen molar-refractivity contribution in [3.05, 3.63) is 60.3 Å². The van der Waals surface area contributed by atoms with Crippen LogP contribution >= 0.6 is 0 Å². The van der Waals surface area contributed by atoms with Crippen LogP contribution in [0.5, 0.6) is 0 Å². The third-order valence-electron chi connectivity index (χ3n) is 3.87. The summed E-state index contributed by atoms with van der Waals surface area (Å²) >= 11 is 0. The highest BCUT2D eigenvalue weighted by atomic mass is 15.2. The first kappa shape index (κ1) is 14.4. The van der Waals surface area contributed by atoms with Crippen LogP contribution in [-0.4, -0.2) is 28.0 Å². The second kappa shape index (κ2) is 5.81. The average molecular weight is 313 g/mol. The molecular weight excluding hydrogens is 297 g/mol. The second-order valence-corrected chi connectivity index (χ2v) is 5.83. The number of rotatable bonds is 3. The van der Waals surface area contributed by atoms with E-state index in [1.165, 1.54) is 5.46 Å². The highest BCUT2D eigenvalue weighted by Crippen LogP contribution is 2.26. The fourth-order valence-corrected chi connectivity index (χ4v) is 2.62. The fourth-order valence-electron chi connectivity index (χ4n) is 2.62. The van der Waals surface area contributed by atoms with E-state index in [1.54, 1.807) is 0 Å². The Morgan fingerprint density at radius 2 is 1.79 bits per heavy atom. The summed E-state index contributed by atoms with van der Waals surface area (Å²) < 4.78 is 0. The van der Waals surface area contributed by atoms with Crippen LogP contribution in [0.1, 0.15) is 5.69 Å². The Morgan fingerprint density at radius 3 is 2.54 bits per heavy atom. The lowest BCUT2D eigenvalue weighted by Gasteiger charge is -2.10. The van der Waals surface area contributed by atoms with Gasteiger partial charge in [0.25, 0.3) is 0 Å². The molecule has 0 amide bonds. The van der Waals surface area contributed by atoms with Gasteiger partial charge in [-0.2, -0.15) is 5.10 Å². The largest absolute Gasteiger partial charge is 0.325 e. The van der Waals surface area contributed by atoms with E-state index >= 15 is 0 Å². The van der Waals surface area contributed by atoms with Crippen molar-refractivity contribution in [3.8, 4) is 11.4 Å². The summed E-state index contributed by atoms with van der Waals surface area (Å²) in [5, 5.41) is 11.4. The van der Waals surface area contributed by atoms with Crippen LogP contribution in [-0.2, 0) is 0 Å². The van der Waals surface area contributed by atoms with Crippen LogP contribution in [0.15, 0.2) is 54.6 Å². The maximum atomic E-state index is 4.74. The third-order valence-corrected chi connectivity index (χ3v) is 3.87. The van der Waals surface area contributed by atoms with Crippen LogP contribution in [0.2, 0.25) is 0 Å². The van der Waals surface area contributed by atoms with Crippen molar-refractivity contribution < 1.29 is 0 Å². The predicted molar refractivity (Wildman–Crippen MR) is 99.8 cm³/mol. The number of hydrogen-bond donors (Lipinski definition) is 2. The summed E-state index contributed by atoms with van der Waals surface area (Å²) in [6.07, 6.45) is 0. The number of nitrogens with zero attached hydrogens (tertiary/aromatic N) is 3. The number of hydrogen-bond acceptors (Lipinski definition) is 4. The second-order valence-electron chi connectivity index (χ2n) is 5.83. The molecule has 0 atom stereocenters. The molecule has 2 aromatic heterocycles. The maximum Gasteiger partial charge on any atom is 0.162 e. The van der Waals surface area contributed by atoms with Crippen LogP contribution in [0.3, 0.4) is 0 Å². The minimum absolute atomic E-state index is 0.701. The number of fused-ring (bicyclic) bond motifs is 1. The molecule has 5 nitrogen and oxygen atoms in total. The third kappa shape index (κ3) is 2.74. The summed E-state index contributed by atoms with van der Waals surface area (Å²) in [5.74, 6) is 2.28. The van der Waals surface area contributed by atoms with E-state index in [2.05, 4.69) is 35.5 Å². The Balaban J connectivity index is 1.85. The Bertz CT molecular complexity index is 1010. The van der Waals surface area contributed by atoms with Gasteiger partial charge < -0.3 is 5.32 Å². The molecule has 0 aliphatic heterocycles. The Morgan fingerprint density at radius 1 is 1.00 bits per heavy atom. The number of benzene rings is 2. The molecule has 2 aromatic carbocycles. The van der Waals surface area contributed by atoms with Gasteiger partial charge in [-0.05, 0) is 19.1 Å². The molecule has 0 aliphatic carbocycles. The van der Waals surface area contributed by atoms with Crippen molar-refractivity contribution in [2.45, 2.75) is 6.92 Å². The summed E-state index contributed by atoms with van der Waals surface area (Å²) in [5.41, 5.74) is 4.04. The molecule has 6 heteroatoms. The van der Waals surface area contributed by atoms with Crippen LogP contribution in [0.25, 0.3) is 22.3 Å². The zero-order valence-electron chi connectivity index (χ0n) is 13.5. The van der Waals surface area contributed by atoms with Gasteiger partial charge in [0.2, 0.25) is 0 Å². The summed E-state index contributed by atoms with van der Waals surface area (Å²) in [6, 6.07) is 18.2. The lowest BCUT2D eigenvalue weighted by molar-refractivity contribution is 1.05. The van der Waals surface area contributed by atoms with Crippen molar-refractivity contribution in [1.82, 2.24) is 20.2 Å². The molecule has 4 aromatic rings. The van der Waals surface area contributed by atoms with Gasteiger partial charge in [0.05, 0.1) is 11.2 Å². The van der Waals surface area contributed by atoms with Gasteiger partial charge in [-0.1, -0.05) is 41.9 Å². The molecule has 0 unspecified atom stereocenters. The minimum atomic E-state index is 0.701. The van der Waals surface area contributed by atoms with E-state index in [9.17, 15) is 0 Å². The number of para-hydroxylation sites is 1. The molecule has 0 spiro atoms. The first-order chi connectivity index (χ1) is 11.7. The van der Waals surface area contributed by atoms with E-state index in [-0.39, 0.29) is 0 Å². The quantitative estimate of drug-likeness (QED) is 0.570. The van der Waals surface area contributed by atoms with Gasteiger partial charge in [0.1, 0.15) is 19.5 Å². The smallest absolute Gasteiger partial charge is 0.162 e. The van der Waals surface area contributed by atoms with Crippen LogP contribution in [0, 0.1) is 6.92 Å². The molecule has 24 heavy (non-hydrogen) atoms. The van der Waals surface area contributed by atoms with Crippen molar-refractivity contribution in [1.29, 1.82) is 0 Å². The molecular formula is C18H16BN5. The van der Waals surface area contributed by atoms with Gasteiger partial charge in [-0.15, -0.1) is 0 Å². The molecule has 0 saturated carbocycles. The van der Waals surface area contributed by atoms with Gasteiger partial charge in [0, 0.05) is 17.0 Å². The SMILES string of the molecule is Bc1ccc(-c2nc(Nc3cc(C)n[nH]3)c3ccccc3n2)cc1. The Hall–Kier alpha value is -3.15. The topological polar surface area (TPSA) is 66.5 Å². The molecule has 4 rings (SSSR count). The van der Waals surface area contributed by atoms with E-state index in [1.807, 2.05) is 49.4 Å². The molecule has 0 bridgehead atoms. The van der Waals surface area contributed by atoms with Crippen molar-refractivity contribution in [2.24, 2.45) is 0 Å². The molecule has 2 N–H and O–H groups in total. The number of aryl methyl sites for hydroxylation is 1. The van der Waals surface area contributed by atoms with E-state index in [4.69, 9.17) is 9.97 Å². The number of anilines is 2. The van der Waals surface area contributed by atoms with Crippen molar-refractivity contribution in [3.63, 3.8) is 0 Å². The highest BCUT2D eigenvalue weighted by Gasteiger charge is 2.10.